The molecular weight excluding hydrogens is 208 g/mol. The number of ether oxygens (including phenoxy) is 2. The Hall–Kier alpha value is -0.613. The van der Waals surface area contributed by atoms with Gasteiger partial charge in [0.05, 0.1) is 22.2 Å². The first-order chi connectivity index (χ1) is 7.04. The smallest absolute Gasteiger partial charge is 0.333 e. The van der Waals surface area contributed by atoms with Crippen molar-refractivity contribution in [1.82, 2.24) is 0 Å². The second kappa shape index (κ2) is 8.68. The van der Waals surface area contributed by atoms with Crippen molar-refractivity contribution in [3.8, 4) is 0 Å². The summed E-state index contributed by atoms with van der Waals surface area (Å²) in [6, 6.07) is 1.16. The summed E-state index contributed by atoms with van der Waals surface area (Å²) in [5.74, 6) is -0.282. The van der Waals surface area contributed by atoms with Gasteiger partial charge in [0.2, 0.25) is 0 Å². The van der Waals surface area contributed by atoms with Crippen LogP contribution in [0.15, 0.2) is 12.2 Å². The van der Waals surface area contributed by atoms with Crippen LogP contribution in [0.5, 0.6) is 0 Å². The number of hydrogen-bond donors (Lipinski definition) is 0. The second-order valence-electron chi connectivity index (χ2n) is 3.90. The van der Waals surface area contributed by atoms with Crippen LogP contribution in [0.4, 0.5) is 0 Å². The van der Waals surface area contributed by atoms with E-state index >= 15 is 0 Å². The zero-order valence-corrected chi connectivity index (χ0v) is 11.5. The highest BCUT2D eigenvalue weighted by atomic mass is 28.2. The van der Waals surface area contributed by atoms with Gasteiger partial charge in [-0.05, 0) is 27.2 Å². The molecule has 0 aliphatic carbocycles. The number of carbonyl (C=O) groups excluding carboxylic acids is 1. The molecule has 0 aromatic rings. The van der Waals surface area contributed by atoms with Gasteiger partial charge in [0.25, 0.3) is 0 Å². The molecule has 0 saturated heterocycles. The summed E-state index contributed by atoms with van der Waals surface area (Å²) >= 11 is 0. The number of rotatable bonds is 8. The van der Waals surface area contributed by atoms with Crippen LogP contribution in [-0.2, 0) is 14.3 Å². The van der Waals surface area contributed by atoms with Gasteiger partial charge in [-0.1, -0.05) is 12.6 Å². The largest absolute Gasteiger partial charge is 0.462 e. The van der Waals surface area contributed by atoms with E-state index in [0.29, 0.717) is 18.3 Å². The molecule has 0 unspecified atom stereocenters. The molecule has 4 heteroatoms. The van der Waals surface area contributed by atoms with Crippen molar-refractivity contribution in [3.63, 3.8) is 0 Å². The van der Waals surface area contributed by atoms with Crippen molar-refractivity contribution < 1.29 is 14.3 Å². The molecule has 0 aliphatic rings. The van der Waals surface area contributed by atoms with Crippen LogP contribution in [0.1, 0.15) is 27.2 Å². The van der Waals surface area contributed by atoms with E-state index in [-0.39, 0.29) is 15.5 Å². The average Bonchev–Trinajstić information content (AvgIpc) is 2.15. The molecule has 0 bridgehead atoms. The molecule has 0 aliphatic heterocycles. The van der Waals surface area contributed by atoms with Gasteiger partial charge in [-0.15, -0.1) is 0 Å². The lowest BCUT2D eigenvalue weighted by Crippen LogP contribution is -2.11. The van der Waals surface area contributed by atoms with Crippen LogP contribution >= 0.6 is 0 Å². The lowest BCUT2D eigenvalue weighted by molar-refractivity contribution is -0.138. The standard InChI is InChI=1S/C11H22O3Si/c1-9(2)11(12)13-6-5-7-15-8-14-10(3)4/h10H,1,5-8,15H2,2-4H3. The minimum atomic E-state index is -0.282. The predicted molar refractivity (Wildman–Crippen MR) is 64.8 cm³/mol. The highest BCUT2D eigenvalue weighted by Crippen LogP contribution is 1.96. The third-order valence-corrected chi connectivity index (χ3v) is 3.35. The molecule has 3 nitrogen and oxygen atoms in total. The van der Waals surface area contributed by atoms with E-state index in [1.807, 2.05) is 13.8 Å². The topological polar surface area (TPSA) is 35.5 Å². The maximum absolute atomic E-state index is 11.0. The van der Waals surface area contributed by atoms with Gasteiger partial charge < -0.3 is 9.47 Å². The molecule has 0 atom stereocenters. The van der Waals surface area contributed by atoms with E-state index in [1.165, 1.54) is 0 Å². The number of hydrogen-bond acceptors (Lipinski definition) is 3. The minimum absolute atomic E-state index is 0.132. The van der Waals surface area contributed by atoms with E-state index in [4.69, 9.17) is 9.47 Å². The van der Waals surface area contributed by atoms with Crippen molar-refractivity contribution in [2.45, 2.75) is 39.3 Å². The molecule has 0 rings (SSSR count). The summed E-state index contributed by atoms with van der Waals surface area (Å²) in [4.78, 5) is 11.0. The third kappa shape index (κ3) is 9.69. The normalized spacial score (nSPS) is 11.2. The predicted octanol–water partition coefficient (Wildman–Crippen LogP) is 1.47. The van der Waals surface area contributed by atoms with Crippen molar-refractivity contribution in [2.75, 3.05) is 12.8 Å². The molecule has 0 amide bonds. The Morgan fingerprint density at radius 2 is 2.13 bits per heavy atom. The second-order valence-corrected chi connectivity index (χ2v) is 5.72. The lowest BCUT2D eigenvalue weighted by Gasteiger charge is -2.06. The quantitative estimate of drug-likeness (QED) is 0.274. The Bertz CT molecular complexity index is 202. The molecular formula is C11H22O3Si. The highest BCUT2D eigenvalue weighted by molar-refractivity contribution is 6.35. The van der Waals surface area contributed by atoms with Crippen molar-refractivity contribution >= 4 is 15.5 Å². The van der Waals surface area contributed by atoms with Crippen molar-refractivity contribution in [1.29, 1.82) is 0 Å². The van der Waals surface area contributed by atoms with Gasteiger partial charge >= 0.3 is 5.97 Å². The van der Waals surface area contributed by atoms with E-state index < -0.39 is 0 Å². The molecule has 88 valence electrons. The van der Waals surface area contributed by atoms with Crippen molar-refractivity contribution in [3.05, 3.63) is 12.2 Å². The van der Waals surface area contributed by atoms with Gasteiger partial charge in [-0.3, -0.25) is 0 Å². The van der Waals surface area contributed by atoms with Gasteiger partial charge in [-0.2, -0.15) is 0 Å². The summed E-state index contributed by atoms with van der Waals surface area (Å²) in [7, 11) is -0.132. The van der Waals surface area contributed by atoms with Crippen LogP contribution in [0.3, 0.4) is 0 Å². The highest BCUT2D eigenvalue weighted by Gasteiger charge is 2.01. The Morgan fingerprint density at radius 3 is 2.67 bits per heavy atom. The van der Waals surface area contributed by atoms with Gasteiger partial charge in [0.1, 0.15) is 0 Å². The van der Waals surface area contributed by atoms with E-state index in [0.717, 1.165) is 18.7 Å². The average molecular weight is 230 g/mol. The summed E-state index contributed by atoms with van der Waals surface area (Å²) in [6.45, 7) is 9.78. The molecule has 0 fully saturated rings. The molecule has 0 heterocycles. The SMILES string of the molecule is C=C(C)C(=O)OCCC[SiH2]COC(C)C. The van der Waals surface area contributed by atoms with Gasteiger partial charge in [0.15, 0.2) is 0 Å². The Kier molecular flexibility index (Phi) is 8.32. The molecule has 0 N–H and O–H groups in total. The van der Waals surface area contributed by atoms with Crippen molar-refractivity contribution in [2.24, 2.45) is 0 Å². The molecule has 0 aromatic heterocycles. The first-order valence-electron chi connectivity index (χ1n) is 5.48. The van der Waals surface area contributed by atoms with E-state index in [9.17, 15) is 4.79 Å². The van der Waals surface area contributed by atoms with Crippen LogP contribution in [0, 0.1) is 0 Å². The van der Waals surface area contributed by atoms with Gasteiger partial charge in [-0.25, -0.2) is 4.79 Å². The lowest BCUT2D eigenvalue weighted by atomic mass is 10.4. The Balaban J connectivity index is 3.18. The minimum Gasteiger partial charge on any atom is -0.462 e. The van der Waals surface area contributed by atoms with Crippen LogP contribution in [0.2, 0.25) is 6.04 Å². The number of esters is 1. The summed E-state index contributed by atoms with van der Waals surface area (Å²) in [5.41, 5.74) is 0.468. The molecule has 0 radical (unpaired) electrons. The van der Waals surface area contributed by atoms with Crippen LogP contribution < -0.4 is 0 Å². The maximum Gasteiger partial charge on any atom is 0.333 e. The van der Waals surface area contributed by atoms with Crippen LogP contribution in [-0.4, -0.2) is 34.4 Å². The summed E-state index contributed by atoms with van der Waals surface area (Å²) < 4.78 is 10.4. The fourth-order valence-electron chi connectivity index (χ4n) is 0.988. The molecule has 0 aromatic carbocycles. The van der Waals surface area contributed by atoms with Crippen LogP contribution in [0.25, 0.3) is 0 Å². The fourth-order valence-corrected chi connectivity index (χ4v) is 2.39. The van der Waals surface area contributed by atoms with E-state index in [2.05, 4.69) is 6.58 Å². The van der Waals surface area contributed by atoms with Gasteiger partial charge in [0, 0.05) is 11.8 Å². The molecule has 15 heavy (non-hydrogen) atoms. The maximum atomic E-state index is 11.0. The summed E-state index contributed by atoms with van der Waals surface area (Å²) in [5, 5.41) is 0. The Labute approximate surface area is 94.7 Å². The fraction of sp³-hybridized carbons (Fsp3) is 0.727. The molecule has 0 saturated carbocycles. The first-order valence-corrected chi connectivity index (χ1v) is 7.48. The summed E-state index contributed by atoms with van der Waals surface area (Å²) in [6.07, 6.45) is 2.21. The Morgan fingerprint density at radius 1 is 1.47 bits per heavy atom. The van der Waals surface area contributed by atoms with E-state index in [1.54, 1.807) is 6.92 Å². The zero-order chi connectivity index (χ0) is 11.7. The molecule has 0 spiro atoms. The first kappa shape index (κ1) is 14.4. The third-order valence-electron chi connectivity index (χ3n) is 1.82. The monoisotopic (exact) mass is 230 g/mol. The zero-order valence-electron chi connectivity index (χ0n) is 10.0. The number of carbonyl (C=O) groups is 1.